The summed E-state index contributed by atoms with van der Waals surface area (Å²) >= 11 is 0. The highest BCUT2D eigenvalue weighted by atomic mass is 16.5. The molecule has 0 spiro atoms. The van der Waals surface area contributed by atoms with E-state index in [-0.39, 0.29) is 18.5 Å². The molecule has 0 aromatic heterocycles. The Labute approximate surface area is 120 Å². The molecule has 1 unspecified atom stereocenters. The number of amides is 1. The molecule has 1 atom stereocenters. The highest BCUT2D eigenvalue weighted by Gasteiger charge is 2.04. The van der Waals surface area contributed by atoms with Crippen molar-refractivity contribution in [2.75, 3.05) is 32.2 Å². The second kappa shape index (κ2) is 9.20. The van der Waals surface area contributed by atoms with Gasteiger partial charge in [0.05, 0.1) is 13.2 Å². The lowest BCUT2D eigenvalue weighted by Crippen LogP contribution is -2.36. The molecule has 1 amide bonds. The van der Waals surface area contributed by atoms with Crippen LogP contribution in [0, 0.1) is 0 Å². The first-order chi connectivity index (χ1) is 9.65. The summed E-state index contributed by atoms with van der Waals surface area (Å²) in [4.78, 5) is 11.6. The van der Waals surface area contributed by atoms with Crippen LogP contribution in [-0.4, -0.2) is 38.8 Å². The van der Waals surface area contributed by atoms with Gasteiger partial charge in [-0.25, -0.2) is 0 Å². The summed E-state index contributed by atoms with van der Waals surface area (Å²) in [7, 11) is 1.64. The standard InChI is InChI=1S/C15H24N2O3/c1-4-12(2)17-15(18)11-16-13-5-7-14(8-6-13)20-10-9-19-3/h5-8,12,16H,4,9-11H2,1-3H3,(H,17,18). The number of methoxy groups -OCH3 is 1. The van der Waals surface area contributed by atoms with Crippen LogP contribution >= 0.6 is 0 Å². The van der Waals surface area contributed by atoms with E-state index in [1.807, 2.05) is 38.1 Å². The summed E-state index contributed by atoms with van der Waals surface area (Å²) in [6.45, 7) is 5.40. The summed E-state index contributed by atoms with van der Waals surface area (Å²) in [6.07, 6.45) is 0.930. The molecule has 0 aliphatic heterocycles. The number of rotatable bonds is 9. The maximum Gasteiger partial charge on any atom is 0.239 e. The molecule has 1 aromatic carbocycles. The Hall–Kier alpha value is -1.75. The molecule has 1 aromatic rings. The molecular weight excluding hydrogens is 256 g/mol. The highest BCUT2D eigenvalue weighted by Crippen LogP contribution is 2.15. The Morgan fingerprint density at radius 1 is 1.25 bits per heavy atom. The first-order valence-corrected chi connectivity index (χ1v) is 6.90. The number of hydrogen-bond donors (Lipinski definition) is 2. The van der Waals surface area contributed by atoms with Gasteiger partial charge >= 0.3 is 0 Å². The fraction of sp³-hybridized carbons (Fsp3) is 0.533. The molecule has 5 heteroatoms. The van der Waals surface area contributed by atoms with Crippen molar-refractivity contribution in [2.24, 2.45) is 0 Å². The zero-order valence-electron chi connectivity index (χ0n) is 12.4. The molecule has 2 N–H and O–H groups in total. The van der Waals surface area contributed by atoms with Gasteiger partial charge in [-0.3, -0.25) is 4.79 Å². The van der Waals surface area contributed by atoms with Crippen LogP contribution in [0.5, 0.6) is 5.75 Å². The van der Waals surface area contributed by atoms with Gasteiger partial charge in [-0.15, -0.1) is 0 Å². The monoisotopic (exact) mass is 280 g/mol. The number of hydrogen-bond acceptors (Lipinski definition) is 4. The van der Waals surface area contributed by atoms with Crippen LogP contribution in [0.25, 0.3) is 0 Å². The van der Waals surface area contributed by atoms with Crippen molar-refractivity contribution in [2.45, 2.75) is 26.3 Å². The Kier molecular flexibility index (Phi) is 7.50. The van der Waals surface area contributed by atoms with Gasteiger partial charge in [0.2, 0.25) is 5.91 Å². The zero-order chi connectivity index (χ0) is 14.8. The Morgan fingerprint density at radius 3 is 2.55 bits per heavy atom. The number of carbonyl (C=O) groups is 1. The van der Waals surface area contributed by atoms with Gasteiger partial charge in [0.1, 0.15) is 12.4 Å². The van der Waals surface area contributed by atoms with Crippen LogP contribution in [0.1, 0.15) is 20.3 Å². The SMILES string of the molecule is CCC(C)NC(=O)CNc1ccc(OCCOC)cc1. The predicted octanol–water partition coefficient (Wildman–Crippen LogP) is 2.04. The number of carbonyl (C=O) groups excluding carboxylic acids is 1. The largest absolute Gasteiger partial charge is 0.491 e. The van der Waals surface area contributed by atoms with Crippen molar-refractivity contribution in [3.05, 3.63) is 24.3 Å². The van der Waals surface area contributed by atoms with E-state index in [4.69, 9.17) is 9.47 Å². The molecule has 5 nitrogen and oxygen atoms in total. The molecule has 20 heavy (non-hydrogen) atoms. The Balaban J connectivity index is 2.32. The van der Waals surface area contributed by atoms with E-state index < -0.39 is 0 Å². The van der Waals surface area contributed by atoms with Crippen LogP contribution < -0.4 is 15.4 Å². The topological polar surface area (TPSA) is 59.6 Å². The highest BCUT2D eigenvalue weighted by molar-refractivity contribution is 5.80. The van der Waals surface area contributed by atoms with E-state index in [2.05, 4.69) is 10.6 Å². The van der Waals surface area contributed by atoms with Crippen LogP contribution in [0.15, 0.2) is 24.3 Å². The fourth-order valence-electron chi connectivity index (χ4n) is 1.52. The molecule has 0 heterocycles. The molecule has 1 rings (SSSR count). The summed E-state index contributed by atoms with van der Waals surface area (Å²) in [5.41, 5.74) is 0.892. The van der Waals surface area contributed by atoms with Gasteiger partial charge in [0.15, 0.2) is 0 Å². The molecule has 0 saturated carbocycles. The third-order valence-electron chi connectivity index (χ3n) is 2.88. The van der Waals surface area contributed by atoms with Crippen molar-refractivity contribution in [3.8, 4) is 5.75 Å². The van der Waals surface area contributed by atoms with E-state index >= 15 is 0 Å². The maximum atomic E-state index is 11.6. The third-order valence-corrected chi connectivity index (χ3v) is 2.88. The van der Waals surface area contributed by atoms with Gasteiger partial charge in [0, 0.05) is 18.8 Å². The van der Waals surface area contributed by atoms with Crippen LogP contribution in [0.3, 0.4) is 0 Å². The van der Waals surface area contributed by atoms with E-state index in [1.54, 1.807) is 7.11 Å². The number of benzene rings is 1. The molecule has 0 saturated heterocycles. The molecule has 112 valence electrons. The van der Waals surface area contributed by atoms with Crippen LogP contribution in [0.4, 0.5) is 5.69 Å². The smallest absolute Gasteiger partial charge is 0.239 e. The maximum absolute atomic E-state index is 11.6. The van der Waals surface area contributed by atoms with Crippen molar-refractivity contribution in [3.63, 3.8) is 0 Å². The van der Waals surface area contributed by atoms with Crippen molar-refractivity contribution >= 4 is 11.6 Å². The summed E-state index contributed by atoms with van der Waals surface area (Å²) < 4.78 is 10.4. The van der Waals surface area contributed by atoms with Crippen molar-refractivity contribution in [1.29, 1.82) is 0 Å². The summed E-state index contributed by atoms with van der Waals surface area (Å²) in [5.74, 6) is 0.788. The van der Waals surface area contributed by atoms with E-state index in [9.17, 15) is 4.79 Å². The Bertz CT molecular complexity index is 393. The number of anilines is 1. The second-order valence-corrected chi connectivity index (χ2v) is 4.60. The van der Waals surface area contributed by atoms with Crippen molar-refractivity contribution < 1.29 is 14.3 Å². The first kappa shape index (κ1) is 16.3. The van der Waals surface area contributed by atoms with Crippen LogP contribution in [-0.2, 0) is 9.53 Å². The quantitative estimate of drug-likeness (QED) is 0.680. The fourth-order valence-corrected chi connectivity index (χ4v) is 1.52. The molecular formula is C15H24N2O3. The molecule has 0 aliphatic carbocycles. The average Bonchev–Trinajstić information content (AvgIpc) is 2.46. The van der Waals surface area contributed by atoms with Crippen molar-refractivity contribution in [1.82, 2.24) is 5.32 Å². The van der Waals surface area contributed by atoms with Gasteiger partial charge in [-0.2, -0.15) is 0 Å². The van der Waals surface area contributed by atoms with Crippen LogP contribution in [0.2, 0.25) is 0 Å². The normalized spacial score (nSPS) is 11.8. The first-order valence-electron chi connectivity index (χ1n) is 6.90. The van der Waals surface area contributed by atoms with Gasteiger partial charge in [-0.1, -0.05) is 6.92 Å². The molecule has 0 fully saturated rings. The Morgan fingerprint density at radius 2 is 1.95 bits per heavy atom. The third kappa shape index (κ3) is 6.43. The average molecular weight is 280 g/mol. The van der Waals surface area contributed by atoms with E-state index in [0.717, 1.165) is 17.9 Å². The minimum Gasteiger partial charge on any atom is -0.491 e. The van der Waals surface area contributed by atoms with Gasteiger partial charge in [-0.05, 0) is 37.6 Å². The number of nitrogens with one attached hydrogen (secondary N) is 2. The lowest BCUT2D eigenvalue weighted by atomic mass is 10.2. The van der Waals surface area contributed by atoms with Gasteiger partial charge < -0.3 is 20.1 Å². The van der Waals surface area contributed by atoms with E-state index in [1.165, 1.54) is 0 Å². The van der Waals surface area contributed by atoms with Gasteiger partial charge in [0.25, 0.3) is 0 Å². The molecule has 0 bridgehead atoms. The molecule has 0 radical (unpaired) electrons. The minimum absolute atomic E-state index is 0.000212. The summed E-state index contributed by atoms with van der Waals surface area (Å²) in [6, 6.07) is 7.72. The molecule has 0 aliphatic rings. The second-order valence-electron chi connectivity index (χ2n) is 4.60. The number of ether oxygens (including phenoxy) is 2. The minimum atomic E-state index is -0.000212. The zero-order valence-corrected chi connectivity index (χ0v) is 12.4. The predicted molar refractivity (Wildman–Crippen MR) is 80.2 cm³/mol. The lowest BCUT2D eigenvalue weighted by Gasteiger charge is -2.12. The van der Waals surface area contributed by atoms with E-state index in [0.29, 0.717) is 13.2 Å². The summed E-state index contributed by atoms with van der Waals surface area (Å²) in [5, 5.41) is 5.98. The lowest BCUT2D eigenvalue weighted by molar-refractivity contribution is -0.120.